The van der Waals surface area contributed by atoms with E-state index in [-0.39, 0.29) is 40.3 Å². The second-order valence-electron chi connectivity index (χ2n) is 6.22. The average Bonchev–Trinajstić information content (AvgIpc) is 2.76. The van der Waals surface area contributed by atoms with Crippen LogP contribution in [0.2, 0.25) is 0 Å². The molecule has 4 heteroatoms. The molecule has 0 fully saturated rings. The molecule has 0 amide bonds. The van der Waals surface area contributed by atoms with Gasteiger partial charge in [0.25, 0.3) is 0 Å². The first kappa shape index (κ1) is 26.0. The summed E-state index contributed by atoms with van der Waals surface area (Å²) in [5.74, 6) is 0. The first-order chi connectivity index (χ1) is 13.4. The molecule has 0 aliphatic rings. The van der Waals surface area contributed by atoms with Gasteiger partial charge in [-0.15, -0.1) is 12.4 Å². The average molecular weight is 524 g/mol. The van der Waals surface area contributed by atoms with E-state index in [2.05, 4.69) is 108 Å². The van der Waals surface area contributed by atoms with Gasteiger partial charge in [0.15, 0.2) is 6.21 Å². The molecular weight excluding hydrogens is 499 g/mol. The van der Waals surface area contributed by atoms with Crippen LogP contribution in [0.25, 0.3) is 0 Å². The van der Waals surface area contributed by atoms with Gasteiger partial charge in [0.05, 0.1) is 0 Å². The first-order valence-electron chi connectivity index (χ1n) is 9.06. The normalized spacial score (nSPS) is 10.0. The Morgan fingerprint density at radius 2 is 1.00 bits per heavy atom. The third-order valence-corrected chi connectivity index (χ3v) is 6.89. The molecule has 156 valence electrons. The van der Waals surface area contributed by atoms with Crippen molar-refractivity contribution >= 4 is 48.1 Å². The molecule has 0 bridgehead atoms. The van der Waals surface area contributed by atoms with E-state index in [1.807, 2.05) is 18.2 Å². The Kier molecular flexibility index (Phi) is 11.5. The van der Waals surface area contributed by atoms with E-state index in [9.17, 15) is 0 Å². The molecule has 0 atom stereocenters. The van der Waals surface area contributed by atoms with Crippen molar-refractivity contribution in [2.24, 2.45) is 0 Å². The van der Waals surface area contributed by atoms with Gasteiger partial charge in [-0.05, 0) is 29.9 Å². The van der Waals surface area contributed by atoms with Crippen LogP contribution in [0.4, 0.5) is 5.69 Å². The van der Waals surface area contributed by atoms with Crippen molar-refractivity contribution < 1.29 is 25.4 Å². The predicted molar refractivity (Wildman–Crippen MR) is 131 cm³/mol. The SMILES string of the molecule is C(=[NH+]c1ccccc1)c1ccccc1P(c1ccccc1)c1ccccc1.Cl.[CH3-].[Pd]. The molecule has 0 aromatic heterocycles. The van der Waals surface area contributed by atoms with Gasteiger partial charge in [-0.25, -0.2) is 4.99 Å². The largest absolute Gasteiger partial charge is 0.358 e. The Morgan fingerprint density at radius 3 is 1.53 bits per heavy atom. The van der Waals surface area contributed by atoms with Crippen LogP contribution in [-0.2, 0) is 20.4 Å². The Labute approximate surface area is 201 Å². The van der Waals surface area contributed by atoms with Gasteiger partial charge >= 0.3 is 0 Å². The Morgan fingerprint density at radius 1 is 0.567 bits per heavy atom. The molecule has 0 spiro atoms. The number of rotatable bonds is 5. The van der Waals surface area contributed by atoms with E-state index in [1.165, 1.54) is 21.5 Å². The maximum Gasteiger partial charge on any atom is 0.203 e. The van der Waals surface area contributed by atoms with Crippen molar-refractivity contribution in [3.8, 4) is 0 Å². The van der Waals surface area contributed by atoms with Crippen LogP contribution < -0.4 is 20.9 Å². The van der Waals surface area contributed by atoms with E-state index >= 15 is 0 Å². The molecule has 1 N–H and O–H groups in total. The van der Waals surface area contributed by atoms with Gasteiger partial charge in [0.1, 0.15) is 0 Å². The van der Waals surface area contributed by atoms with E-state index in [1.54, 1.807) is 0 Å². The van der Waals surface area contributed by atoms with E-state index in [0.29, 0.717) is 0 Å². The molecule has 0 unspecified atom stereocenters. The van der Waals surface area contributed by atoms with Crippen LogP contribution in [-0.4, -0.2) is 6.21 Å². The third kappa shape index (κ3) is 6.47. The number of hydrogen-bond acceptors (Lipinski definition) is 0. The standard InChI is InChI=1S/C25H20NP.CH3.ClH.Pd/c1-4-13-22(14-5-1)26-20-21-12-10-11-19-25(21)27(23-15-6-2-7-16-23)24-17-8-3-9-18-24;;;/h1-20H;1H3;1H;/q;-1;;/p+1. The smallest absolute Gasteiger partial charge is 0.203 e. The van der Waals surface area contributed by atoms with Gasteiger partial charge in [-0.3, -0.25) is 0 Å². The van der Waals surface area contributed by atoms with E-state index < -0.39 is 7.92 Å². The number of hydrogen-bond donors (Lipinski definition) is 1. The summed E-state index contributed by atoms with van der Waals surface area (Å²) in [4.78, 5) is 3.44. The number of halogens is 1. The summed E-state index contributed by atoms with van der Waals surface area (Å²) in [7, 11) is -0.618. The molecule has 1 nitrogen and oxygen atoms in total. The molecule has 4 aromatic rings. The minimum Gasteiger partial charge on any atom is -0.358 e. The summed E-state index contributed by atoms with van der Waals surface area (Å²) < 4.78 is 0. The molecule has 0 heterocycles. The predicted octanol–water partition coefficient (Wildman–Crippen LogP) is 4.15. The first-order valence-corrected chi connectivity index (χ1v) is 10.4. The Hall–Kier alpha value is -2.07. The number of benzene rings is 4. The zero-order valence-electron chi connectivity index (χ0n) is 16.7. The van der Waals surface area contributed by atoms with Gasteiger partial charge < -0.3 is 7.43 Å². The van der Waals surface area contributed by atoms with Crippen LogP contribution in [0.3, 0.4) is 0 Å². The monoisotopic (exact) mass is 523 g/mol. The van der Waals surface area contributed by atoms with Crippen LogP contribution >= 0.6 is 20.3 Å². The fourth-order valence-corrected chi connectivity index (χ4v) is 5.52. The van der Waals surface area contributed by atoms with Crippen LogP contribution in [0.1, 0.15) is 5.56 Å². The topological polar surface area (TPSA) is 14.0 Å². The summed E-state index contributed by atoms with van der Waals surface area (Å²) in [6.07, 6.45) is 2.12. The van der Waals surface area contributed by atoms with Crippen molar-refractivity contribution in [3.63, 3.8) is 0 Å². The fraction of sp³-hybridized carbons (Fsp3) is 0. The molecule has 0 radical (unpaired) electrons. The van der Waals surface area contributed by atoms with Crippen LogP contribution in [0, 0.1) is 7.43 Å². The Balaban J connectivity index is 0.00000150. The zero-order chi connectivity index (χ0) is 18.3. The quantitative estimate of drug-likeness (QED) is 0.175. The Bertz CT molecular complexity index is 985. The van der Waals surface area contributed by atoms with Gasteiger partial charge in [0.2, 0.25) is 5.69 Å². The second kappa shape index (κ2) is 13.3. The summed E-state index contributed by atoms with van der Waals surface area (Å²) >= 11 is 0. The molecule has 0 saturated carbocycles. The molecule has 0 aliphatic heterocycles. The van der Waals surface area contributed by atoms with Crippen molar-refractivity contribution in [1.82, 2.24) is 0 Å². The van der Waals surface area contributed by atoms with Crippen LogP contribution in [0.15, 0.2) is 115 Å². The molecule has 4 aromatic carbocycles. The number of para-hydroxylation sites is 1. The van der Waals surface area contributed by atoms with E-state index in [0.717, 1.165) is 5.69 Å². The summed E-state index contributed by atoms with van der Waals surface area (Å²) in [6.45, 7) is 0. The molecular formula is C26H25ClNPPd. The van der Waals surface area contributed by atoms with Crippen LogP contribution in [0.5, 0.6) is 0 Å². The molecule has 0 saturated heterocycles. The maximum atomic E-state index is 3.44. The second-order valence-corrected chi connectivity index (χ2v) is 8.41. The summed E-state index contributed by atoms with van der Waals surface area (Å²) in [5.41, 5.74) is 2.32. The van der Waals surface area contributed by atoms with Crippen molar-refractivity contribution in [3.05, 3.63) is 128 Å². The fourth-order valence-electron chi connectivity index (χ4n) is 3.09. The van der Waals surface area contributed by atoms with Crippen molar-refractivity contribution in [2.75, 3.05) is 0 Å². The van der Waals surface area contributed by atoms with Crippen molar-refractivity contribution in [1.29, 1.82) is 0 Å². The molecule has 0 aliphatic carbocycles. The van der Waals surface area contributed by atoms with Gasteiger partial charge in [-0.1, -0.05) is 97.1 Å². The molecule has 30 heavy (non-hydrogen) atoms. The third-order valence-electron chi connectivity index (χ3n) is 4.37. The van der Waals surface area contributed by atoms with Gasteiger partial charge in [0, 0.05) is 38.1 Å². The summed E-state index contributed by atoms with van der Waals surface area (Å²) in [6, 6.07) is 40.6. The van der Waals surface area contributed by atoms with Gasteiger partial charge in [-0.2, -0.15) is 0 Å². The maximum absolute atomic E-state index is 3.44. The number of nitrogens with one attached hydrogen (secondary N) is 1. The molecule has 4 rings (SSSR count). The minimum atomic E-state index is -0.618. The summed E-state index contributed by atoms with van der Waals surface area (Å²) in [5, 5.41) is 4.08. The van der Waals surface area contributed by atoms with Crippen molar-refractivity contribution in [2.45, 2.75) is 0 Å². The van der Waals surface area contributed by atoms with E-state index in [4.69, 9.17) is 0 Å². The zero-order valence-corrected chi connectivity index (χ0v) is 20.0. The minimum absolute atomic E-state index is 0.